The number of allylic oxidation sites excluding steroid dienone is 4. The number of rotatable bonds is 3. The first-order chi connectivity index (χ1) is 9.32. The van der Waals surface area contributed by atoms with Crippen molar-refractivity contribution in [3.8, 4) is 0 Å². The van der Waals surface area contributed by atoms with Gasteiger partial charge in [-0.15, -0.1) is 0 Å². The average molecular weight is 278 g/mol. The van der Waals surface area contributed by atoms with Gasteiger partial charge in [0.25, 0.3) is 0 Å². The Balaban J connectivity index is 0.000000286. The molecule has 1 aliphatic rings. The third kappa shape index (κ3) is 5.40. The molecule has 1 aromatic heterocycles. The number of aliphatic hydroxyl groups excluding tert-OH is 1. The van der Waals surface area contributed by atoms with Crippen LogP contribution in [0.15, 0.2) is 42.5 Å². The molecule has 0 fully saturated rings. The number of hydrogen-bond donors (Lipinski definition) is 2. The number of aliphatic carboxylic acids is 1. The highest BCUT2D eigenvalue weighted by atomic mass is 16.4. The number of aromatic nitrogens is 2. The molecule has 5 heteroatoms. The SMILES string of the molecule is CC(O)C(=O)O.CC1=CC=CC(C)(Cn2ccnc2)C1. The van der Waals surface area contributed by atoms with E-state index in [1.807, 2.05) is 18.7 Å². The van der Waals surface area contributed by atoms with Crippen molar-refractivity contribution in [2.45, 2.75) is 39.8 Å². The van der Waals surface area contributed by atoms with Gasteiger partial charge in [0.2, 0.25) is 0 Å². The van der Waals surface area contributed by atoms with Crippen LogP contribution in [0.5, 0.6) is 0 Å². The van der Waals surface area contributed by atoms with Crippen LogP contribution in [0.3, 0.4) is 0 Å². The number of carboxylic acid groups (broad SMARTS) is 1. The van der Waals surface area contributed by atoms with E-state index in [-0.39, 0.29) is 5.41 Å². The van der Waals surface area contributed by atoms with E-state index in [2.05, 4.69) is 41.6 Å². The van der Waals surface area contributed by atoms with E-state index in [4.69, 9.17) is 10.2 Å². The largest absolute Gasteiger partial charge is 0.479 e. The molecule has 2 N–H and O–H groups in total. The van der Waals surface area contributed by atoms with Crippen LogP contribution in [0.2, 0.25) is 0 Å². The summed E-state index contributed by atoms with van der Waals surface area (Å²) in [6.07, 6.45) is 12.3. The van der Waals surface area contributed by atoms with Gasteiger partial charge in [-0.1, -0.05) is 30.7 Å². The van der Waals surface area contributed by atoms with Crippen molar-refractivity contribution in [2.75, 3.05) is 0 Å². The molecule has 0 aromatic carbocycles. The van der Waals surface area contributed by atoms with Gasteiger partial charge in [-0.25, -0.2) is 9.78 Å². The summed E-state index contributed by atoms with van der Waals surface area (Å²) in [4.78, 5) is 13.5. The van der Waals surface area contributed by atoms with Crippen molar-refractivity contribution in [2.24, 2.45) is 5.41 Å². The molecule has 2 unspecified atom stereocenters. The second-order valence-corrected chi connectivity index (χ2v) is 5.45. The molecule has 0 saturated carbocycles. The number of aliphatic hydroxyl groups is 1. The molecule has 1 aromatic rings. The number of nitrogens with zero attached hydrogens (tertiary/aromatic N) is 2. The molecular formula is C15H22N2O3. The minimum Gasteiger partial charge on any atom is -0.479 e. The summed E-state index contributed by atoms with van der Waals surface area (Å²) in [6.45, 7) is 6.69. The summed E-state index contributed by atoms with van der Waals surface area (Å²) in [6, 6.07) is 0. The van der Waals surface area contributed by atoms with E-state index < -0.39 is 12.1 Å². The van der Waals surface area contributed by atoms with Gasteiger partial charge in [0.15, 0.2) is 0 Å². The minimum absolute atomic E-state index is 0.250. The summed E-state index contributed by atoms with van der Waals surface area (Å²) in [5.41, 5.74) is 1.70. The average Bonchev–Trinajstić information content (AvgIpc) is 2.81. The number of hydrogen-bond acceptors (Lipinski definition) is 3. The lowest BCUT2D eigenvalue weighted by Gasteiger charge is -2.29. The maximum absolute atomic E-state index is 9.45. The Morgan fingerprint density at radius 1 is 1.60 bits per heavy atom. The van der Waals surface area contributed by atoms with Crippen molar-refractivity contribution in [1.29, 1.82) is 0 Å². The number of carboxylic acids is 1. The maximum Gasteiger partial charge on any atom is 0.332 e. The molecule has 5 nitrogen and oxygen atoms in total. The van der Waals surface area contributed by atoms with E-state index in [1.54, 1.807) is 0 Å². The molecule has 20 heavy (non-hydrogen) atoms. The standard InChI is InChI=1S/C12H16N2.C3H6O3/c1-11-4-3-5-12(2,8-11)9-14-7-6-13-10-14;1-2(4)3(5)6/h3-7,10H,8-9H2,1-2H3;2,4H,1H3,(H,5,6). The summed E-state index contributed by atoms with van der Waals surface area (Å²) in [5.74, 6) is -1.19. The highest BCUT2D eigenvalue weighted by Gasteiger charge is 2.23. The summed E-state index contributed by atoms with van der Waals surface area (Å²) < 4.78 is 2.14. The predicted molar refractivity (Wildman–Crippen MR) is 77.2 cm³/mol. The van der Waals surface area contributed by atoms with Gasteiger partial charge in [-0.05, 0) is 20.3 Å². The Morgan fingerprint density at radius 2 is 2.25 bits per heavy atom. The Kier molecular flexibility index (Phi) is 5.70. The van der Waals surface area contributed by atoms with E-state index >= 15 is 0 Å². The molecule has 0 saturated heterocycles. The third-order valence-electron chi connectivity index (χ3n) is 3.02. The molecule has 0 bridgehead atoms. The fourth-order valence-corrected chi connectivity index (χ4v) is 2.11. The molecule has 110 valence electrons. The first-order valence-corrected chi connectivity index (χ1v) is 6.54. The topological polar surface area (TPSA) is 75.3 Å². The Labute approximate surface area is 119 Å². The highest BCUT2D eigenvalue weighted by molar-refractivity contribution is 5.71. The molecular weight excluding hydrogens is 256 g/mol. The lowest BCUT2D eigenvalue weighted by molar-refractivity contribution is -0.145. The van der Waals surface area contributed by atoms with Crippen LogP contribution in [0.4, 0.5) is 0 Å². The van der Waals surface area contributed by atoms with E-state index in [0.717, 1.165) is 13.0 Å². The molecule has 0 aliphatic heterocycles. The summed E-state index contributed by atoms with van der Waals surface area (Å²) >= 11 is 0. The summed E-state index contributed by atoms with van der Waals surface area (Å²) in [7, 11) is 0. The van der Waals surface area contributed by atoms with Gasteiger partial charge in [-0.3, -0.25) is 0 Å². The van der Waals surface area contributed by atoms with Crippen molar-refractivity contribution in [1.82, 2.24) is 9.55 Å². The van der Waals surface area contributed by atoms with Gasteiger partial charge < -0.3 is 14.8 Å². The van der Waals surface area contributed by atoms with Gasteiger partial charge in [0.05, 0.1) is 6.33 Å². The molecule has 0 amide bonds. The normalized spacial score (nSPS) is 22.5. The van der Waals surface area contributed by atoms with Crippen molar-refractivity contribution < 1.29 is 15.0 Å². The van der Waals surface area contributed by atoms with Crippen molar-refractivity contribution in [3.63, 3.8) is 0 Å². The molecule has 1 heterocycles. The van der Waals surface area contributed by atoms with E-state index in [9.17, 15) is 4.79 Å². The van der Waals surface area contributed by atoms with E-state index in [0.29, 0.717) is 0 Å². The molecule has 1 aliphatic carbocycles. The fraction of sp³-hybridized carbons (Fsp3) is 0.467. The maximum atomic E-state index is 9.45. The molecule has 2 atom stereocenters. The Morgan fingerprint density at radius 3 is 2.70 bits per heavy atom. The predicted octanol–water partition coefficient (Wildman–Crippen LogP) is 2.25. The van der Waals surface area contributed by atoms with Gasteiger partial charge in [0.1, 0.15) is 6.10 Å². The second-order valence-electron chi connectivity index (χ2n) is 5.45. The lowest BCUT2D eigenvalue weighted by Crippen LogP contribution is -2.22. The minimum atomic E-state index is -1.23. The van der Waals surface area contributed by atoms with Crippen LogP contribution >= 0.6 is 0 Å². The first-order valence-electron chi connectivity index (χ1n) is 6.54. The fourth-order valence-electron chi connectivity index (χ4n) is 2.11. The highest BCUT2D eigenvalue weighted by Crippen LogP contribution is 2.32. The lowest BCUT2D eigenvalue weighted by atomic mass is 9.80. The zero-order valence-corrected chi connectivity index (χ0v) is 12.2. The zero-order valence-electron chi connectivity index (χ0n) is 12.2. The Bertz CT molecular complexity index is 489. The zero-order chi connectivity index (χ0) is 15.2. The van der Waals surface area contributed by atoms with E-state index in [1.165, 1.54) is 12.5 Å². The van der Waals surface area contributed by atoms with Crippen molar-refractivity contribution in [3.05, 3.63) is 42.5 Å². The van der Waals surface area contributed by atoms with Crippen LogP contribution in [-0.4, -0.2) is 31.8 Å². The molecule has 0 spiro atoms. The summed E-state index contributed by atoms with van der Waals surface area (Å²) in [5, 5.41) is 15.8. The monoisotopic (exact) mass is 278 g/mol. The van der Waals surface area contributed by atoms with Gasteiger partial charge in [0, 0.05) is 24.4 Å². The van der Waals surface area contributed by atoms with Gasteiger partial charge >= 0.3 is 5.97 Å². The third-order valence-corrected chi connectivity index (χ3v) is 3.02. The van der Waals surface area contributed by atoms with Crippen LogP contribution in [0, 0.1) is 5.41 Å². The van der Waals surface area contributed by atoms with Crippen LogP contribution in [0.1, 0.15) is 27.2 Å². The smallest absolute Gasteiger partial charge is 0.332 e. The number of imidazole rings is 1. The quantitative estimate of drug-likeness (QED) is 0.889. The number of carbonyl (C=O) groups is 1. The van der Waals surface area contributed by atoms with Gasteiger partial charge in [-0.2, -0.15) is 0 Å². The second kappa shape index (κ2) is 7.05. The van der Waals surface area contributed by atoms with Crippen LogP contribution in [-0.2, 0) is 11.3 Å². The first kappa shape index (κ1) is 16.2. The molecule has 0 radical (unpaired) electrons. The van der Waals surface area contributed by atoms with Crippen molar-refractivity contribution >= 4 is 5.97 Å². The molecule has 2 rings (SSSR count). The Hall–Kier alpha value is -1.88. The van der Waals surface area contributed by atoms with Crippen LogP contribution in [0.25, 0.3) is 0 Å². The van der Waals surface area contributed by atoms with Crippen LogP contribution < -0.4 is 0 Å².